The van der Waals surface area contributed by atoms with Crippen LogP contribution >= 0.6 is 23.2 Å². The Bertz CT molecular complexity index is 1710. The number of anilines is 1. The van der Waals surface area contributed by atoms with Crippen molar-refractivity contribution < 1.29 is 22.4 Å². The fraction of sp³-hybridized carbons (Fsp3) is 0.212. The van der Waals surface area contributed by atoms with Gasteiger partial charge in [0.15, 0.2) is 0 Å². The number of sulfonamides is 1. The van der Waals surface area contributed by atoms with E-state index in [-0.39, 0.29) is 45.2 Å². The lowest BCUT2D eigenvalue weighted by atomic mass is 10.0. The second kappa shape index (κ2) is 14.7. The van der Waals surface area contributed by atoms with Crippen LogP contribution in [0.2, 0.25) is 10.0 Å². The highest BCUT2D eigenvalue weighted by Crippen LogP contribution is 2.33. The van der Waals surface area contributed by atoms with Crippen molar-refractivity contribution in [3.05, 3.63) is 130 Å². The molecule has 1 N–H and O–H groups in total. The van der Waals surface area contributed by atoms with Crippen molar-refractivity contribution in [2.24, 2.45) is 0 Å². The molecule has 0 bridgehead atoms. The molecule has 230 valence electrons. The Labute approximate surface area is 267 Å². The molecule has 0 aliphatic heterocycles. The van der Waals surface area contributed by atoms with Crippen LogP contribution in [0.25, 0.3) is 0 Å². The van der Waals surface area contributed by atoms with E-state index in [9.17, 15) is 22.4 Å². The van der Waals surface area contributed by atoms with Gasteiger partial charge in [-0.1, -0.05) is 89.9 Å². The SMILES string of the molecule is CC(C)NC(=O)[C@H](Cc1ccccc1)N(Cc1ccccc1F)C(=O)CN(c1cc(Cl)ccc1Cl)S(=O)(=O)c1ccccc1. The Morgan fingerprint density at radius 3 is 2.11 bits per heavy atom. The fourth-order valence-corrected chi connectivity index (χ4v) is 6.54. The molecule has 0 aromatic heterocycles. The van der Waals surface area contributed by atoms with Gasteiger partial charge in [0.25, 0.3) is 10.0 Å². The summed E-state index contributed by atoms with van der Waals surface area (Å²) >= 11 is 12.7. The van der Waals surface area contributed by atoms with Crippen molar-refractivity contribution in [3.8, 4) is 0 Å². The van der Waals surface area contributed by atoms with E-state index in [2.05, 4.69) is 5.32 Å². The maximum atomic E-state index is 15.0. The third-order valence-corrected chi connectivity index (χ3v) is 9.12. The number of hydrogen-bond donors (Lipinski definition) is 1. The Morgan fingerprint density at radius 1 is 0.864 bits per heavy atom. The van der Waals surface area contributed by atoms with Crippen LogP contribution in [-0.2, 0) is 32.6 Å². The highest BCUT2D eigenvalue weighted by molar-refractivity contribution is 7.92. The molecule has 0 fully saturated rings. The quantitative estimate of drug-likeness (QED) is 0.189. The van der Waals surface area contributed by atoms with Crippen LogP contribution in [0.1, 0.15) is 25.0 Å². The van der Waals surface area contributed by atoms with Crippen molar-refractivity contribution in [3.63, 3.8) is 0 Å². The maximum absolute atomic E-state index is 15.0. The normalized spacial score (nSPS) is 12.0. The van der Waals surface area contributed by atoms with E-state index in [1.807, 2.05) is 30.3 Å². The molecule has 0 saturated heterocycles. The summed E-state index contributed by atoms with van der Waals surface area (Å²) in [5.74, 6) is -1.78. The lowest BCUT2D eigenvalue weighted by Gasteiger charge is -2.34. The standard InChI is InChI=1S/C33H32Cl2FN3O4S/c1-23(2)37-33(41)31(19-24-11-5-3-6-12-24)38(21-25-13-9-10-16-29(25)36)32(40)22-39(30-20-26(34)17-18-28(30)35)44(42,43)27-14-7-4-8-15-27/h3-18,20,23,31H,19,21-22H2,1-2H3,(H,37,41)/t31-/m0/s1. The number of rotatable bonds is 12. The van der Waals surface area contributed by atoms with Crippen molar-refractivity contribution in [2.75, 3.05) is 10.8 Å². The molecule has 0 radical (unpaired) electrons. The molecule has 0 unspecified atom stereocenters. The minimum atomic E-state index is -4.36. The Kier molecular flexibility index (Phi) is 11.0. The molecule has 0 saturated carbocycles. The average Bonchev–Trinajstić information content (AvgIpc) is 3.00. The monoisotopic (exact) mass is 655 g/mol. The summed E-state index contributed by atoms with van der Waals surface area (Å²) in [4.78, 5) is 29.2. The van der Waals surface area contributed by atoms with Gasteiger partial charge in [0.2, 0.25) is 11.8 Å². The number of benzene rings is 4. The molecule has 0 heterocycles. The van der Waals surface area contributed by atoms with E-state index in [1.54, 1.807) is 38.1 Å². The third-order valence-electron chi connectivity index (χ3n) is 6.79. The molecule has 1 atom stereocenters. The summed E-state index contributed by atoms with van der Waals surface area (Å²) in [5.41, 5.74) is 0.900. The van der Waals surface area contributed by atoms with Crippen LogP contribution < -0.4 is 9.62 Å². The van der Waals surface area contributed by atoms with Crippen LogP contribution in [0.4, 0.5) is 10.1 Å². The summed E-state index contributed by atoms with van der Waals surface area (Å²) < 4.78 is 43.9. The van der Waals surface area contributed by atoms with E-state index in [0.29, 0.717) is 0 Å². The minimum absolute atomic E-state index is 0.0200. The molecule has 4 rings (SSSR count). The van der Waals surface area contributed by atoms with Gasteiger partial charge < -0.3 is 10.2 Å². The number of halogens is 3. The zero-order valence-corrected chi connectivity index (χ0v) is 26.5. The molecule has 44 heavy (non-hydrogen) atoms. The van der Waals surface area contributed by atoms with Gasteiger partial charge in [-0.25, -0.2) is 12.8 Å². The first kappa shape index (κ1) is 33.0. The average molecular weight is 657 g/mol. The summed E-state index contributed by atoms with van der Waals surface area (Å²) in [6, 6.07) is 25.5. The van der Waals surface area contributed by atoms with Gasteiger partial charge in [0.05, 0.1) is 15.6 Å². The Hall–Kier alpha value is -3.92. The van der Waals surface area contributed by atoms with Gasteiger partial charge in [0, 0.05) is 29.6 Å². The summed E-state index contributed by atoms with van der Waals surface area (Å²) in [7, 11) is -4.36. The van der Waals surface area contributed by atoms with Crippen LogP contribution in [0, 0.1) is 5.82 Å². The van der Waals surface area contributed by atoms with Gasteiger partial charge in [-0.3, -0.25) is 13.9 Å². The highest BCUT2D eigenvalue weighted by Gasteiger charge is 2.35. The van der Waals surface area contributed by atoms with Crippen LogP contribution in [0.15, 0.2) is 108 Å². The largest absolute Gasteiger partial charge is 0.352 e. The first-order valence-corrected chi connectivity index (χ1v) is 16.1. The maximum Gasteiger partial charge on any atom is 0.264 e. The molecule has 7 nitrogen and oxygen atoms in total. The summed E-state index contributed by atoms with van der Waals surface area (Å²) in [5, 5.41) is 3.10. The zero-order valence-electron chi connectivity index (χ0n) is 24.2. The highest BCUT2D eigenvalue weighted by atomic mass is 35.5. The molecule has 2 amide bonds. The molecule has 0 aliphatic carbocycles. The summed E-state index contributed by atoms with van der Waals surface area (Å²) in [6.07, 6.45) is 0.100. The van der Waals surface area contributed by atoms with Gasteiger partial charge in [-0.15, -0.1) is 0 Å². The number of nitrogens with one attached hydrogen (secondary N) is 1. The van der Waals surface area contributed by atoms with E-state index in [4.69, 9.17) is 23.2 Å². The van der Waals surface area contributed by atoms with Crippen molar-refractivity contribution >= 4 is 50.7 Å². The molecule has 0 aliphatic rings. The van der Waals surface area contributed by atoms with Crippen LogP contribution in [0.5, 0.6) is 0 Å². The topological polar surface area (TPSA) is 86.8 Å². The number of nitrogens with zero attached hydrogens (tertiary/aromatic N) is 2. The first-order valence-electron chi connectivity index (χ1n) is 13.9. The van der Waals surface area contributed by atoms with Crippen molar-refractivity contribution in [1.82, 2.24) is 10.2 Å². The Morgan fingerprint density at radius 2 is 1.48 bits per heavy atom. The van der Waals surface area contributed by atoms with E-state index in [1.165, 1.54) is 53.4 Å². The van der Waals surface area contributed by atoms with Gasteiger partial charge in [-0.2, -0.15) is 0 Å². The third kappa shape index (κ3) is 8.16. The van der Waals surface area contributed by atoms with Crippen molar-refractivity contribution in [1.29, 1.82) is 0 Å². The van der Waals surface area contributed by atoms with Gasteiger partial charge in [0.1, 0.15) is 18.4 Å². The second-order valence-electron chi connectivity index (χ2n) is 10.4. The number of amides is 2. The first-order chi connectivity index (χ1) is 21.0. The molecule has 11 heteroatoms. The minimum Gasteiger partial charge on any atom is -0.352 e. The molecular weight excluding hydrogens is 624 g/mol. The van der Waals surface area contributed by atoms with E-state index >= 15 is 0 Å². The number of carbonyl (C=O) groups is 2. The molecule has 0 spiro atoms. The van der Waals surface area contributed by atoms with E-state index < -0.39 is 40.2 Å². The molecule has 4 aromatic rings. The zero-order chi connectivity index (χ0) is 31.9. The second-order valence-corrected chi connectivity index (χ2v) is 13.1. The van der Waals surface area contributed by atoms with Crippen LogP contribution in [-0.4, -0.2) is 43.8 Å². The smallest absolute Gasteiger partial charge is 0.264 e. The lowest BCUT2D eigenvalue weighted by molar-refractivity contribution is -0.140. The van der Waals surface area contributed by atoms with Crippen molar-refractivity contribution in [2.45, 2.75) is 43.8 Å². The predicted molar refractivity (Wildman–Crippen MR) is 172 cm³/mol. The lowest BCUT2D eigenvalue weighted by Crippen LogP contribution is -2.54. The Balaban J connectivity index is 1.84. The van der Waals surface area contributed by atoms with Gasteiger partial charge >= 0.3 is 0 Å². The molecular formula is C33H32Cl2FN3O4S. The molecule has 4 aromatic carbocycles. The predicted octanol–water partition coefficient (Wildman–Crippen LogP) is 6.49. The van der Waals surface area contributed by atoms with E-state index in [0.717, 1.165) is 9.87 Å². The van der Waals surface area contributed by atoms with Gasteiger partial charge in [-0.05, 0) is 55.8 Å². The summed E-state index contributed by atoms with van der Waals surface area (Å²) in [6.45, 7) is 2.54. The number of hydrogen-bond acceptors (Lipinski definition) is 4. The fourth-order valence-electron chi connectivity index (χ4n) is 4.65. The number of carbonyl (C=O) groups excluding carboxylic acids is 2. The van der Waals surface area contributed by atoms with Crippen LogP contribution in [0.3, 0.4) is 0 Å².